The van der Waals surface area contributed by atoms with Crippen molar-refractivity contribution in [1.29, 1.82) is 0 Å². The molecule has 8 heteroatoms. The average molecular weight is 286 g/mol. The number of thiol groups is 1. The van der Waals surface area contributed by atoms with Crippen LogP contribution in [0.1, 0.15) is 6.92 Å². The van der Waals surface area contributed by atoms with Crippen LogP contribution in [0.4, 0.5) is 0 Å². The Morgan fingerprint density at radius 2 is 1.78 bits per heavy atom. The minimum Gasteiger partial charge on any atom is -0.394 e. The van der Waals surface area contributed by atoms with Crippen molar-refractivity contribution in [2.75, 3.05) is 32.2 Å². The van der Waals surface area contributed by atoms with E-state index in [2.05, 4.69) is 12.6 Å². The largest absolute Gasteiger partial charge is 0.394 e. The fraction of sp³-hybridized carbons (Fsp3) is 1.00. The maximum Gasteiger partial charge on any atom is 0.209 e. The van der Waals surface area contributed by atoms with E-state index in [1.54, 1.807) is 0 Å². The van der Waals surface area contributed by atoms with Crippen molar-refractivity contribution in [2.24, 2.45) is 0 Å². The zero-order valence-electron chi connectivity index (χ0n) is 10.3. The summed E-state index contributed by atoms with van der Waals surface area (Å²) in [6.07, 6.45) is -5.13. The Bertz CT molecular complexity index is 191. The van der Waals surface area contributed by atoms with E-state index < -0.39 is 31.4 Å². The minimum absolute atomic E-state index is 0.0913. The van der Waals surface area contributed by atoms with Crippen LogP contribution in [-0.4, -0.2) is 77.4 Å². The van der Waals surface area contributed by atoms with E-state index in [0.29, 0.717) is 12.4 Å². The molecule has 0 fully saturated rings. The van der Waals surface area contributed by atoms with Crippen molar-refractivity contribution in [1.82, 2.24) is 0 Å². The van der Waals surface area contributed by atoms with E-state index >= 15 is 0 Å². The van der Waals surface area contributed by atoms with E-state index in [1.165, 1.54) is 6.92 Å². The molecule has 0 aliphatic carbocycles. The van der Waals surface area contributed by atoms with Crippen LogP contribution < -0.4 is 0 Å². The summed E-state index contributed by atoms with van der Waals surface area (Å²) < 4.78 is 15.1. The van der Waals surface area contributed by atoms with E-state index in [9.17, 15) is 5.11 Å². The molecule has 2 unspecified atom stereocenters. The van der Waals surface area contributed by atoms with Gasteiger partial charge in [-0.1, -0.05) is 0 Å². The first kappa shape index (κ1) is 18.1. The highest BCUT2D eigenvalue weighted by molar-refractivity contribution is 7.80. The Morgan fingerprint density at radius 3 is 2.22 bits per heavy atom. The van der Waals surface area contributed by atoms with Crippen molar-refractivity contribution in [3.05, 3.63) is 0 Å². The first-order valence-corrected chi connectivity index (χ1v) is 6.26. The van der Waals surface area contributed by atoms with Crippen LogP contribution in [-0.2, 0) is 14.2 Å². The van der Waals surface area contributed by atoms with Crippen LogP contribution in [0, 0.1) is 0 Å². The van der Waals surface area contributed by atoms with Crippen LogP contribution in [0.5, 0.6) is 0 Å². The molecule has 0 saturated heterocycles. The average Bonchev–Trinajstić information content (AvgIpc) is 2.31. The van der Waals surface area contributed by atoms with Crippen LogP contribution in [0.3, 0.4) is 0 Å². The highest BCUT2D eigenvalue weighted by Gasteiger charge is 2.25. The normalized spacial score (nSPS) is 16.8. The van der Waals surface area contributed by atoms with E-state index in [0.717, 1.165) is 0 Å². The lowest BCUT2D eigenvalue weighted by Gasteiger charge is -2.26. The molecule has 7 nitrogen and oxygen atoms in total. The summed E-state index contributed by atoms with van der Waals surface area (Å²) in [6.45, 7) is 1.77. The molecule has 3 atom stereocenters. The van der Waals surface area contributed by atoms with Gasteiger partial charge in [0.1, 0.15) is 6.10 Å². The lowest BCUT2D eigenvalue weighted by molar-refractivity contribution is -0.282. The summed E-state index contributed by atoms with van der Waals surface area (Å²) in [4.78, 5) is 0. The monoisotopic (exact) mass is 286 g/mol. The van der Waals surface area contributed by atoms with Gasteiger partial charge in [0.25, 0.3) is 0 Å². The smallest absolute Gasteiger partial charge is 0.209 e. The molecule has 0 aliphatic rings. The molecule has 4 N–H and O–H groups in total. The van der Waals surface area contributed by atoms with Crippen molar-refractivity contribution in [2.45, 2.75) is 31.7 Å². The Balaban J connectivity index is 3.98. The second kappa shape index (κ2) is 10.9. The molecule has 0 saturated carbocycles. The molecule has 0 radical (unpaired) electrons. The van der Waals surface area contributed by atoms with E-state index in [4.69, 9.17) is 29.5 Å². The van der Waals surface area contributed by atoms with Gasteiger partial charge in [0.05, 0.1) is 32.5 Å². The summed E-state index contributed by atoms with van der Waals surface area (Å²) in [7, 11) is 0. The number of rotatable bonds is 11. The third-order valence-corrected chi connectivity index (χ3v) is 2.20. The molecular weight excluding hydrogens is 264 g/mol. The molecule has 0 aromatic heterocycles. The number of aliphatic hydroxyl groups excluding tert-OH is 3. The predicted molar refractivity (Wildman–Crippen MR) is 66.3 cm³/mol. The van der Waals surface area contributed by atoms with Crippen LogP contribution in [0.25, 0.3) is 0 Å². The molecule has 0 spiro atoms. The predicted octanol–water partition coefficient (Wildman–Crippen LogP) is -1.66. The highest BCUT2D eigenvalue weighted by Crippen LogP contribution is 2.07. The van der Waals surface area contributed by atoms with Gasteiger partial charge in [0, 0.05) is 5.75 Å². The van der Waals surface area contributed by atoms with Crippen LogP contribution in [0.2, 0.25) is 0 Å². The number of hydrogen-bond acceptors (Lipinski definition) is 8. The van der Waals surface area contributed by atoms with Crippen molar-refractivity contribution in [3.8, 4) is 0 Å². The molecule has 0 amide bonds. The van der Waals surface area contributed by atoms with Gasteiger partial charge in [-0.15, -0.1) is 0 Å². The zero-order chi connectivity index (χ0) is 14.0. The number of hydrogen-bond donors (Lipinski definition) is 5. The van der Waals surface area contributed by atoms with Crippen molar-refractivity contribution >= 4 is 12.6 Å². The van der Waals surface area contributed by atoms with Gasteiger partial charge >= 0.3 is 0 Å². The second-order valence-corrected chi connectivity index (χ2v) is 4.03. The Morgan fingerprint density at radius 1 is 1.11 bits per heavy atom. The standard InChI is InChI=1S/C10H22O7S/c1-7(12)8(6-11)17-10(9(13)14)16-3-2-15-4-5-18/h7-14,18H,2-6H2,1H3/t7-,8?,10?/m1/s1. The molecule has 0 aromatic rings. The summed E-state index contributed by atoms with van der Waals surface area (Å²) in [5.41, 5.74) is 0. The second-order valence-electron chi connectivity index (χ2n) is 3.59. The van der Waals surface area contributed by atoms with Gasteiger partial charge in [-0.05, 0) is 6.92 Å². The SMILES string of the molecule is C[C@@H](O)C(CO)OC(OCCOCCS)C(O)O. The zero-order valence-corrected chi connectivity index (χ0v) is 11.2. The minimum atomic E-state index is -1.87. The number of ether oxygens (including phenoxy) is 3. The molecule has 18 heavy (non-hydrogen) atoms. The molecular formula is C10H22O7S. The summed E-state index contributed by atoms with van der Waals surface area (Å²) in [5, 5.41) is 36.2. The Kier molecular flexibility index (Phi) is 11.0. The van der Waals surface area contributed by atoms with Gasteiger partial charge in [-0.2, -0.15) is 12.6 Å². The van der Waals surface area contributed by atoms with Gasteiger partial charge in [0.15, 0.2) is 0 Å². The molecule has 0 heterocycles. The maximum absolute atomic E-state index is 9.25. The summed E-state index contributed by atoms with van der Waals surface area (Å²) in [6, 6.07) is 0. The van der Waals surface area contributed by atoms with E-state index in [-0.39, 0.29) is 13.2 Å². The van der Waals surface area contributed by atoms with Crippen LogP contribution in [0.15, 0.2) is 0 Å². The molecule has 0 rings (SSSR count). The molecule has 0 bridgehead atoms. The van der Waals surface area contributed by atoms with Gasteiger partial charge < -0.3 is 34.6 Å². The lowest BCUT2D eigenvalue weighted by Crippen LogP contribution is -2.41. The number of aliphatic hydroxyl groups is 4. The fourth-order valence-electron chi connectivity index (χ4n) is 1.07. The van der Waals surface area contributed by atoms with Crippen molar-refractivity contribution in [3.63, 3.8) is 0 Å². The van der Waals surface area contributed by atoms with E-state index in [1.807, 2.05) is 0 Å². The Labute approximate surface area is 112 Å². The van der Waals surface area contributed by atoms with Crippen molar-refractivity contribution < 1.29 is 34.6 Å². The third-order valence-electron chi connectivity index (χ3n) is 2.02. The van der Waals surface area contributed by atoms with Gasteiger partial charge in [-0.25, -0.2) is 0 Å². The quantitative estimate of drug-likeness (QED) is 0.176. The fourth-order valence-corrected chi connectivity index (χ4v) is 1.20. The summed E-state index contributed by atoms with van der Waals surface area (Å²) in [5.74, 6) is 0.581. The van der Waals surface area contributed by atoms with Gasteiger partial charge in [0.2, 0.25) is 12.6 Å². The first-order chi connectivity index (χ1) is 8.52. The Hall–Kier alpha value is 0.0700. The van der Waals surface area contributed by atoms with Gasteiger partial charge in [-0.3, -0.25) is 0 Å². The maximum atomic E-state index is 9.25. The molecule has 110 valence electrons. The third kappa shape index (κ3) is 8.22. The lowest BCUT2D eigenvalue weighted by atomic mass is 10.2. The summed E-state index contributed by atoms with van der Waals surface area (Å²) >= 11 is 3.95. The van der Waals surface area contributed by atoms with Crippen LogP contribution >= 0.6 is 12.6 Å². The molecule has 0 aromatic carbocycles. The molecule has 0 aliphatic heterocycles. The first-order valence-electron chi connectivity index (χ1n) is 5.63. The topological polar surface area (TPSA) is 109 Å². The highest BCUT2D eigenvalue weighted by atomic mass is 32.1.